The molecule has 6 nitrogen and oxygen atoms in total. The van der Waals surface area contributed by atoms with Gasteiger partial charge in [0.05, 0.1) is 11.1 Å². The van der Waals surface area contributed by atoms with Crippen LogP contribution in [0.25, 0.3) is 0 Å². The molecule has 0 unspecified atom stereocenters. The molecular formula is C22H24F6N4O2. The van der Waals surface area contributed by atoms with Crippen molar-refractivity contribution in [1.82, 2.24) is 5.32 Å². The third-order valence-electron chi connectivity index (χ3n) is 4.73. The normalized spacial score (nSPS) is 12.7. The number of rotatable bonds is 8. The van der Waals surface area contributed by atoms with Gasteiger partial charge < -0.3 is 21.7 Å². The molecule has 1 atom stereocenters. The zero-order valence-electron chi connectivity index (χ0n) is 18.1. The van der Waals surface area contributed by atoms with Crippen LogP contribution in [-0.2, 0) is 17.1 Å². The molecule has 0 spiro atoms. The molecule has 0 aromatic heterocycles. The molecule has 186 valence electrons. The van der Waals surface area contributed by atoms with Gasteiger partial charge in [-0.2, -0.15) is 26.3 Å². The first-order valence-corrected chi connectivity index (χ1v) is 10.2. The molecule has 12 heteroatoms. The zero-order valence-corrected chi connectivity index (χ0v) is 18.1. The summed E-state index contributed by atoms with van der Waals surface area (Å²) in [7, 11) is 0. The second-order valence-corrected chi connectivity index (χ2v) is 7.59. The van der Waals surface area contributed by atoms with Crippen LogP contribution in [0.5, 0.6) is 0 Å². The molecular weight excluding hydrogens is 466 g/mol. The fourth-order valence-electron chi connectivity index (χ4n) is 2.98. The van der Waals surface area contributed by atoms with E-state index < -0.39 is 47.1 Å². The number of hydrogen-bond donors (Lipinski definition) is 4. The van der Waals surface area contributed by atoms with Gasteiger partial charge in [-0.05, 0) is 63.1 Å². The molecule has 0 heterocycles. The summed E-state index contributed by atoms with van der Waals surface area (Å²) >= 11 is 0. The summed E-state index contributed by atoms with van der Waals surface area (Å²) < 4.78 is 78.2. The van der Waals surface area contributed by atoms with Gasteiger partial charge in [0.1, 0.15) is 6.04 Å². The second kappa shape index (κ2) is 11.2. The summed E-state index contributed by atoms with van der Waals surface area (Å²) in [6.07, 6.45) is -8.98. The van der Waals surface area contributed by atoms with Crippen molar-refractivity contribution < 1.29 is 35.9 Å². The number of carbonyl (C=O) groups excluding carboxylic acids is 2. The molecule has 0 aliphatic carbocycles. The highest BCUT2D eigenvalue weighted by molar-refractivity contribution is 5.99. The zero-order chi connectivity index (χ0) is 25.5. The maximum absolute atomic E-state index is 13.0. The summed E-state index contributed by atoms with van der Waals surface area (Å²) in [4.78, 5) is 25.1. The Morgan fingerprint density at radius 1 is 0.853 bits per heavy atom. The third-order valence-corrected chi connectivity index (χ3v) is 4.73. The molecule has 0 aliphatic heterocycles. The molecule has 5 N–H and O–H groups in total. The molecule has 0 saturated heterocycles. The molecule has 2 aromatic carbocycles. The van der Waals surface area contributed by atoms with Gasteiger partial charge in [-0.25, -0.2) is 4.79 Å². The highest BCUT2D eigenvalue weighted by Crippen LogP contribution is 2.37. The maximum atomic E-state index is 13.0. The van der Waals surface area contributed by atoms with Crippen molar-refractivity contribution in [3.63, 3.8) is 0 Å². The number of halogens is 6. The van der Waals surface area contributed by atoms with Crippen LogP contribution in [0.3, 0.4) is 0 Å². The molecule has 3 amide bonds. The number of nitrogens with one attached hydrogen (secondary N) is 3. The Balaban J connectivity index is 2.19. The predicted octanol–water partition coefficient (Wildman–Crippen LogP) is 5.29. The van der Waals surface area contributed by atoms with E-state index in [-0.39, 0.29) is 12.5 Å². The monoisotopic (exact) mass is 490 g/mol. The number of anilines is 2. The lowest BCUT2D eigenvalue weighted by Crippen LogP contribution is -2.45. The molecule has 34 heavy (non-hydrogen) atoms. The van der Waals surface area contributed by atoms with E-state index in [1.165, 1.54) is 0 Å². The third kappa shape index (κ3) is 8.25. The lowest BCUT2D eigenvalue weighted by Gasteiger charge is -2.20. The predicted molar refractivity (Wildman–Crippen MR) is 115 cm³/mol. The van der Waals surface area contributed by atoms with Gasteiger partial charge in [0.15, 0.2) is 0 Å². The van der Waals surface area contributed by atoms with Crippen LogP contribution < -0.4 is 21.7 Å². The minimum atomic E-state index is -5.06. The van der Waals surface area contributed by atoms with Crippen molar-refractivity contribution in [2.24, 2.45) is 5.73 Å². The molecule has 0 bridgehead atoms. The van der Waals surface area contributed by atoms with Gasteiger partial charge in [0.2, 0.25) is 5.91 Å². The van der Waals surface area contributed by atoms with Gasteiger partial charge in [-0.1, -0.05) is 17.7 Å². The van der Waals surface area contributed by atoms with E-state index in [0.717, 1.165) is 5.56 Å². The number of carbonyl (C=O) groups is 2. The average Bonchev–Trinajstić information content (AvgIpc) is 2.73. The number of hydrogen-bond acceptors (Lipinski definition) is 3. The molecule has 0 fully saturated rings. The standard InChI is InChI=1S/C22H24F6N4O2/c1-13-5-7-16(8-6-13)30-19(33)18(4-2-3-9-29)32-20(34)31-17-11-14(21(23,24)25)10-15(12-17)22(26,27)28/h5-8,10-12,18H,2-4,9,29H2,1H3,(H,30,33)(H2,31,32,34)/t18-/m0/s1. The number of urea groups is 1. The molecule has 2 aromatic rings. The summed E-state index contributed by atoms with van der Waals surface area (Å²) in [6.45, 7) is 2.19. The van der Waals surface area contributed by atoms with E-state index in [4.69, 9.17) is 5.73 Å². The number of nitrogens with two attached hydrogens (primary N) is 1. The van der Waals surface area contributed by atoms with E-state index in [1.54, 1.807) is 24.3 Å². The van der Waals surface area contributed by atoms with Crippen molar-refractivity contribution in [2.75, 3.05) is 17.2 Å². The van der Waals surface area contributed by atoms with E-state index in [1.807, 2.05) is 12.2 Å². The molecule has 2 rings (SSSR count). The minimum absolute atomic E-state index is 0.0479. The second-order valence-electron chi connectivity index (χ2n) is 7.59. The molecule has 0 radical (unpaired) electrons. The Bertz CT molecular complexity index is 958. The van der Waals surface area contributed by atoms with Gasteiger partial charge in [-0.3, -0.25) is 4.79 Å². The van der Waals surface area contributed by atoms with Gasteiger partial charge >= 0.3 is 18.4 Å². The lowest BCUT2D eigenvalue weighted by atomic mass is 10.1. The van der Waals surface area contributed by atoms with Crippen LogP contribution in [0, 0.1) is 6.92 Å². The Labute approximate surface area is 191 Å². The van der Waals surface area contributed by atoms with E-state index in [0.29, 0.717) is 37.2 Å². The first-order valence-electron chi connectivity index (χ1n) is 10.2. The summed E-state index contributed by atoms with van der Waals surface area (Å²) in [5, 5.41) is 6.88. The van der Waals surface area contributed by atoms with E-state index >= 15 is 0 Å². The quantitative estimate of drug-likeness (QED) is 0.299. The van der Waals surface area contributed by atoms with Crippen molar-refractivity contribution in [3.8, 4) is 0 Å². The summed E-state index contributed by atoms with van der Waals surface area (Å²) in [5.41, 5.74) is 2.98. The van der Waals surface area contributed by atoms with Gasteiger partial charge in [0, 0.05) is 11.4 Å². The van der Waals surface area contributed by atoms with Crippen molar-refractivity contribution in [3.05, 3.63) is 59.2 Å². The summed E-state index contributed by atoms with van der Waals surface area (Å²) in [5.74, 6) is -0.601. The maximum Gasteiger partial charge on any atom is 0.416 e. The Morgan fingerprint density at radius 2 is 1.41 bits per heavy atom. The van der Waals surface area contributed by atoms with Crippen LogP contribution in [0.4, 0.5) is 42.5 Å². The van der Waals surface area contributed by atoms with Crippen molar-refractivity contribution in [1.29, 1.82) is 0 Å². The smallest absolute Gasteiger partial charge is 0.330 e. The topological polar surface area (TPSA) is 96.2 Å². The lowest BCUT2D eigenvalue weighted by molar-refractivity contribution is -0.143. The van der Waals surface area contributed by atoms with Crippen LogP contribution >= 0.6 is 0 Å². The SMILES string of the molecule is Cc1ccc(NC(=O)[C@H](CCCCN)NC(=O)Nc2cc(C(F)(F)F)cc(C(F)(F)F)c2)cc1. The van der Waals surface area contributed by atoms with Crippen LogP contribution in [-0.4, -0.2) is 24.5 Å². The van der Waals surface area contributed by atoms with Gasteiger partial charge in [0.25, 0.3) is 0 Å². The Hall–Kier alpha value is -3.28. The average molecular weight is 490 g/mol. The number of alkyl halides is 6. The molecule has 0 aliphatic rings. The van der Waals surface area contributed by atoms with Crippen LogP contribution in [0.2, 0.25) is 0 Å². The van der Waals surface area contributed by atoms with Crippen LogP contribution in [0.15, 0.2) is 42.5 Å². The molecule has 0 saturated carbocycles. The fourth-order valence-corrected chi connectivity index (χ4v) is 2.98. The number of amides is 3. The van der Waals surface area contributed by atoms with E-state index in [9.17, 15) is 35.9 Å². The highest BCUT2D eigenvalue weighted by Gasteiger charge is 2.37. The first kappa shape index (κ1) is 27.0. The van der Waals surface area contributed by atoms with Crippen LogP contribution in [0.1, 0.15) is 36.0 Å². The number of unbranched alkanes of at least 4 members (excludes halogenated alkanes) is 1. The van der Waals surface area contributed by atoms with E-state index in [2.05, 4.69) is 10.6 Å². The van der Waals surface area contributed by atoms with Gasteiger partial charge in [-0.15, -0.1) is 0 Å². The highest BCUT2D eigenvalue weighted by atomic mass is 19.4. The number of aryl methyl sites for hydroxylation is 1. The fraction of sp³-hybridized carbons (Fsp3) is 0.364. The Morgan fingerprint density at radius 3 is 1.91 bits per heavy atom. The van der Waals surface area contributed by atoms with Crippen molar-refractivity contribution >= 4 is 23.3 Å². The minimum Gasteiger partial charge on any atom is -0.330 e. The first-order chi connectivity index (χ1) is 15.8. The Kier molecular flexibility index (Phi) is 8.91. The summed E-state index contributed by atoms with van der Waals surface area (Å²) in [6, 6.07) is 5.26. The van der Waals surface area contributed by atoms with Crippen molar-refractivity contribution in [2.45, 2.75) is 44.6 Å². The largest absolute Gasteiger partial charge is 0.416 e. The number of benzene rings is 2.